The maximum Gasteiger partial charge on any atom is 0.290 e. The lowest BCUT2D eigenvalue weighted by Crippen LogP contribution is -3.00. The minimum atomic E-state index is 0. The van der Waals surface area contributed by atoms with Gasteiger partial charge < -0.3 is 22.0 Å². The van der Waals surface area contributed by atoms with Gasteiger partial charge in [-0.05, 0) is 12.1 Å². The average molecular weight is 394 g/mol. The van der Waals surface area contributed by atoms with Crippen LogP contribution in [0.5, 0.6) is 0 Å². The van der Waals surface area contributed by atoms with E-state index in [0.29, 0.717) is 5.69 Å². The fourth-order valence-electron chi connectivity index (χ4n) is 3.79. The zero-order valence-electron chi connectivity index (χ0n) is 13.4. The number of aromatic nitrogens is 2. The lowest BCUT2D eigenvalue weighted by atomic mass is 10.1. The number of hydrogen-bond acceptors (Lipinski definition) is 2. The Hall–Kier alpha value is -2.66. The van der Waals surface area contributed by atoms with E-state index in [1.165, 1.54) is 21.7 Å². The Balaban J connectivity index is 0.00000157. The van der Waals surface area contributed by atoms with Gasteiger partial charge in [-0.25, -0.2) is 9.47 Å². The molecule has 0 radical (unpaired) electrons. The summed E-state index contributed by atoms with van der Waals surface area (Å²) in [5.41, 5.74) is 1.95. The van der Waals surface area contributed by atoms with E-state index < -0.39 is 0 Å². The number of anilines is 2. The molecule has 0 saturated heterocycles. The van der Waals surface area contributed by atoms with Crippen LogP contribution in [0.1, 0.15) is 0 Å². The van der Waals surface area contributed by atoms with Crippen molar-refractivity contribution in [3.63, 3.8) is 0 Å². The van der Waals surface area contributed by atoms with E-state index in [4.69, 9.17) is 0 Å². The fourth-order valence-corrected chi connectivity index (χ4v) is 3.79. The number of nitrogens with one attached hydrogen (secondary N) is 1. The van der Waals surface area contributed by atoms with Crippen molar-refractivity contribution in [2.45, 2.75) is 6.54 Å². The molecule has 0 aliphatic carbocycles. The molecule has 1 N–H and O–H groups in total. The first-order valence-corrected chi connectivity index (χ1v) is 8.12. The van der Waals surface area contributed by atoms with Crippen molar-refractivity contribution in [2.24, 2.45) is 0 Å². The quantitative estimate of drug-likeness (QED) is 0.368. The summed E-state index contributed by atoms with van der Waals surface area (Å²) in [5, 5.41) is 3.65. The molecule has 5 heteroatoms. The Morgan fingerprint density at radius 3 is 2.44 bits per heavy atom. The van der Waals surface area contributed by atoms with Gasteiger partial charge in [-0.2, -0.15) is 0 Å². The summed E-state index contributed by atoms with van der Waals surface area (Å²) in [6.45, 7) is 1.67. The molecule has 0 saturated carbocycles. The molecule has 0 bridgehead atoms. The second-order valence-electron chi connectivity index (χ2n) is 6.08. The molecule has 4 aromatic rings. The van der Waals surface area contributed by atoms with Gasteiger partial charge in [-0.3, -0.25) is 4.79 Å². The highest BCUT2D eigenvalue weighted by atomic mass is 79.9. The highest BCUT2D eigenvalue weighted by Crippen LogP contribution is 2.34. The first-order chi connectivity index (χ1) is 11.8. The van der Waals surface area contributed by atoms with Crippen molar-refractivity contribution < 1.29 is 21.5 Å². The van der Waals surface area contributed by atoms with Gasteiger partial charge in [-0.15, -0.1) is 0 Å². The van der Waals surface area contributed by atoms with Crippen molar-refractivity contribution in [3.8, 4) is 0 Å². The first-order valence-electron chi connectivity index (χ1n) is 8.12. The third-order valence-corrected chi connectivity index (χ3v) is 4.81. The van der Waals surface area contributed by atoms with E-state index in [-0.39, 0.29) is 22.4 Å². The summed E-state index contributed by atoms with van der Waals surface area (Å²) >= 11 is 0. The molecule has 124 valence electrons. The largest absolute Gasteiger partial charge is 1.00 e. The van der Waals surface area contributed by atoms with Gasteiger partial charge in [0, 0.05) is 23.0 Å². The van der Waals surface area contributed by atoms with Crippen LogP contribution in [-0.4, -0.2) is 11.5 Å². The SMILES string of the molecule is O=c1cc[nH]cc1N1CC[n+]2c1c1ccccc1c1ccccc12.[Br-]. The number of halogens is 1. The Kier molecular flexibility index (Phi) is 3.81. The molecule has 0 fully saturated rings. The van der Waals surface area contributed by atoms with Gasteiger partial charge in [0.1, 0.15) is 18.6 Å². The van der Waals surface area contributed by atoms with Crippen LogP contribution in [0.2, 0.25) is 0 Å². The van der Waals surface area contributed by atoms with Crippen LogP contribution in [0.25, 0.3) is 21.7 Å². The molecular weight excluding hydrogens is 378 g/mol. The van der Waals surface area contributed by atoms with Crippen molar-refractivity contribution in [1.82, 2.24) is 4.98 Å². The number of rotatable bonds is 1. The van der Waals surface area contributed by atoms with Gasteiger partial charge in [0.25, 0.3) is 5.82 Å². The molecule has 3 heterocycles. The molecule has 2 aromatic heterocycles. The summed E-state index contributed by atoms with van der Waals surface area (Å²) in [6.07, 6.45) is 3.47. The lowest BCUT2D eigenvalue weighted by molar-refractivity contribution is -0.643. The van der Waals surface area contributed by atoms with Crippen LogP contribution >= 0.6 is 0 Å². The molecule has 5 rings (SSSR count). The normalized spacial score (nSPS) is 13.0. The van der Waals surface area contributed by atoms with Gasteiger partial charge in [0.15, 0.2) is 5.69 Å². The van der Waals surface area contributed by atoms with Crippen LogP contribution in [0.15, 0.2) is 71.8 Å². The Bertz CT molecular complexity index is 1150. The molecule has 2 aromatic carbocycles. The minimum absolute atomic E-state index is 0. The second-order valence-corrected chi connectivity index (χ2v) is 6.08. The van der Waals surface area contributed by atoms with E-state index in [2.05, 4.69) is 63.0 Å². The highest BCUT2D eigenvalue weighted by molar-refractivity contribution is 6.08. The number of para-hydroxylation sites is 1. The van der Waals surface area contributed by atoms with Gasteiger partial charge >= 0.3 is 0 Å². The van der Waals surface area contributed by atoms with Crippen molar-refractivity contribution in [3.05, 3.63) is 77.2 Å². The lowest BCUT2D eigenvalue weighted by Gasteiger charge is -2.13. The van der Waals surface area contributed by atoms with E-state index in [9.17, 15) is 4.79 Å². The smallest absolute Gasteiger partial charge is 0.290 e. The molecule has 0 atom stereocenters. The number of nitrogens with zero attached hydrogens (tertiary/aromatic N) is 2. The average Bonchev–Trinajstić information content (AvgIpc) is 3.08. The summed E-state index contributed by atoms with van der Waals surface area (Å²) in [5.74, 6) is 1.10. The van der Waals surface area contributed by atoms with Crippen LogP contribution in [0.4, 0.5) is 11.5 Å². The van der Waals surface area contributed by atoms with Gasteiger partial charge in [-0.1, -0.05) is 36.4 Å². The predicted molar refractivity (Wildman–Crippen MR) is 95.7 cm³/mol. The van der Waals surface area contributed by atoms with Gasteiger partial charge in [0.2, 0.25) is 5.43 Å². The maximum atomic E-state index is 12.3. The zero-order chi connectivity index (χ0) is 16.1. The van der Waals surface area contributed by atoms with Crippen molar-refractivity contribution >= 4 is 33.2 Å². The molecule has 0 unspecified atom stereocenters. The van der Waals surface area contributed by atoms with E-state index in [1.807, 2.05) is 0 Å². The standard InChI is InChI=1S/C20H15N3O.BrH/c24-19-9-10-21-13-18(19)23-12-11-22-17-8-4-3-6-15(17)14-5-1-2-7-16(14)20(22)23;/h1-10,13H,11-12H2;1H. The fraction of sp³-hybridized carbons (Fsp3) is 0.100. The van der Waals surface area contributed by atoms with Crippen LogP contribution < -0.4 is 31.9 Å². The number of aromatic amines is 1. The topological polar surface area (TPSA) is 40.0 Å². The molecule has 4 nitrogen and oxygen atoms in total. The molecule has 0 amide bonds. The number of H-pyrrole nitrogens is 1. The molecule has 25 heavy (non-hydrogen) atoms. The Morgan fingerprint density at radius 2 is 1.64 bits per heavy atom. The maximum absolute atomic E-state index is 12.3. The summed E-state index contributed by atoms with van der Waals surface area (Å²) in [6, 6.07) is 18.5. The van der Waals surface area contributed by atoms with E-state index >= 15 is 0 Å². The molecule has 0 spiro atoms. The van der Waals surface area contributed by atoms with Crippen molar-refractivity contribution in [2.75, 3.05) is 11.4 Å². The van der Waals surface area contributed by atoms with E-state index in [1.54, 1.807) is 18.5 Å². The molecule has 1 aliphatic heterocycles. The number of pyridine rings is 2. The molecular formula is C20H16BrN3O. The van der Waals surface area contributed by atoms with Crippen LogP contribution in [-0.2, 0) is 6.54 Å². The van der Waals surface area contributed by atoms with Crippen LogP contribution in [0.3, 0.4) is 0 Å². The number of fused-ring (bicyclic) bond motifs is 6. The highest BCUT2D eigenvalue weighted by Gasteiger charge is 2.34. The second kappa shape index (κ2) is 6.01. The number of benzene rings is 2. The van der Waals surface area contributed by atoms with Gasteiger partial charge in [0.05, 0.1) is 11.6 Å². The monoisotopic (exact) mass is 393 g/mol. The predicted octanol–water partition coefficient (Wildman–Crippen LogP) is 0.125. The Morgan fingerprint density at radius 1 is 0.920 bits per heavy atom. The molecule has 1 aliphatic rings. The minimum Gasteiger partial charge on any atom is -1.00 e. The third kappa shape index (κ3) is 2.27. The zero-order valence-corrected chi connectivity index (χ0v) is 15.0. The van der Waals surface area contributed by atoms with Crippen molar-refractivity contribution in [1.29, 1.82) is 0 Å². The first kappa shape index (κ1) is 15.8. The summed E-state index contributed by atoms with van der Waals surface area (Å²) in [4.78, 5) is 17.5. The summed E-state index contributed by atoms with van der Waals surface area (Å²) < 4.78 is 2.32. The van der Waals surface area contributed by atoms with E-state index in [0.717, 1.165) is 18.9 Å². The number of hydrogen-bond donors (Lipinski definition) is 1. The Labute approximate surface area is 155 Å². The third-order valence-electron chi connectivity index (χ3n) is 4.81. The van der Waals surface area contributed by atoms with Crippen LogP contribution in [0, 0.1) is 0 Å². The summed E-state index contributed by atoms with van der Waals surface area (Å²) in [7, 11) is 0.